The van der Waals surface area contributed by atoms with Gasteiger partial charge in [-0.25, -0.2) is 5.48 Å². The molecular weight excluding hydrogens is 231 g/mol. The second-order valence-corrected chi connectivity index (χ2v) is 3.59. The molecule has 1 aromatic carbocycles. The van der Waals surface area contributed by atoms with Crippen molar-refractivity contribution in [3.05, 3.63) is 35.4 Å². The number of amides is 2. The smallest absolute Gasteiger partial charge is 0.251 e. The minimum absolute atomic E-state index is 0. The number of rotatable bonds is 5. The summed E-state index contributed by atoms with van der Waals surface area (Å²) in [4.78, 5) is 22.3. The first kappa shape index (κ1) is 16.2. The van der Waals surface area contributed by atoms with Crippen LogP contribution in [0.3, 0.4) is 0 Å². The van der Waals surface area contributed by atoms with E-state index in [0.717, 1.165) is 6.42 Å². The summed E-state index contributed by atoms with van der Waals surface area (Å²) in [5.41, 5.74) is 3.23. The zero-order valence-electron chi connectivity index (χ0n) is 10.3. The third-order valence-electron chi connectivity index (χ3n) is 2.39. The molecular formula is C12H16BN2O3. The van der Waals surface area contributed by atoms with Gasteiger partial charge in [-0.2, -0.15) is 0 Å². The number of hydrogen-bond acceptors (Lipinski definition) is 3. The number of benzene rings is 1. The van der Waals surface area contributed by atoms with Crippen molar-refractivity contribution >= 4 is 20.2 Å². The maximum atomic E-state index is 11.6. The molecule has 1 rings (SSSR count). The van der Waals surface area contributed by atoms with Crippen LogP contribution in [0.5, 0.6) is 0 Å². The second kappa shape index (κ2) is 8.30. The number of carbonyl (C=O) groups is 2. The SMILES string of the molecule is CCc1ccc(C(=O)NCCC(=O)NO)cc1.[B]. The van der Waals surface area contributed by atoms with Crippen molar-refractivity contribution in [3.63, 3.8) is 0 Å². The summed E-state index contributed by atoms with van der Waals surface area (Å²) in [5.74, 6) is -0.745. The third-order valence-corrected chi connectivity index (χ3v) is 2.39. The number of hydrogen-bond donors (Lipinski definition) is 3. The molecule has 0 aliphatic carbocycles. The van der Waals surface area contributed by atoms with E-state index < -0.39 is 5.91 Å². The van der Waals surface area contributed by atoms with Crippen molar-refractivity contribution in [1.29, 1.82) is 0 Å². The van der Waals surface area contributed by atoms with E-state index in [0.29, 0.717) is 5.56 Å². The maximum Gasteiger partial charge on any atom is 0.251 e. The molecule has 3 radical (unpaired) electrons. The molecule has 0 saturated heterocycles. The van der Waals surface area contributed by atoms with E-state index in [1.165, 1.54) is 11.0 Å². The van der Waals surface area contributed by atoms with E-state index in [-0.39, 0.29) is 27.3 Å². The van der Waals surface area contributed by atoms with E-state index in [1.807, 2.05) is 19.1 Å². The highest BCUT2D eigenvalue weighted by Crippen LogP contribution is 2.04. The Morgan fingerprint density at radius 1 is 1.22 bits per heavy atom. The van der Waals surface area contributed by atoms with Gasteiger partial charge in [0, 0.05) is 26.9 Å². The van der Waals surface area contributed by atoms with Gasteiger partial charge < -0.3 is 5.32 Å². The highest BCUT2D eigenvalue weighted by Gasteiger charge is 2.05. The highest BCUT2D eigenvalue weighted by molar-refractivity contribution is 5.94. The van der Waals surface area contributed by atoms with Crippen molar-refractivity contribution in [3.8, 4) is 0 Å². The minimum atomic E-state index is -0.522. The van der Waals surface area contributed by atoms with Crippen molar-refractivity contribution in [1.82, 2.24) is 10.8 Å². The fourth-order valence-corrected chi connectivity index (χ4v) is 1.34. The van der Waals surface area contributed by atoms with Gasteiger partial charge in [0.25, 0.3) is 5.91 Å². The molecule has 3 N–H and O–H groups in total. The summed E-state index contributed by atoms with van der Waals surface area (Å²) in [6, 6.07) is 7.30. The molecule has 0 bridgehead atoms. The summed E-state index contributed by atoms with van der Waals surface area (Å²) in [5, 5.41) is 10.9. The molecule has 0 heterocycles. The minimum Gasteiger partial charge on any atom is -0.352 e. The molecule has 0 aliphatic rings. The number of aryl methyl sites for hydroxylation is 1. The fourth-order valence-electron chi connectivity index (χ4n) is 1.34. The predicted molar refractivity (Wildman–Crippen MR) is 68.5 cm³/mol. The number of hydroxylamine groups is 1. The molecule has 0 saturated carbocycles. The van der Waals surface area contributed by atoms with Gasteiger partial charge in [-0.3, -0.25) is 14.8 Å². The van der Waals surface area contributed by atoms with Gasteiger partial charge in [0.2, 0.25) is 5.91 Å². The van der Waals surface area contributed by atoms with Crippen LogP contribution < -0.4 is 10.8 Å². The van der Waals surface area contributed by atoms with Crippen molar-refractivity contribution in [2.45, 2.75) is 19.8 Å². The number of nitrogens with one attached hydrogen (secondary N) is 2. The van der Waals surface area contributed by atoms with Gasteiger partial charge in [-0.05, 0) is 24.1 Å². The summed E-state index contributed by atoms with van der Waals surface area (Å²) in [6.07, 6.45) is 0.980. The zero-order chi connectivity index (χ0) is 12.7. The Hall–Kier alpha value is -1.82. The molecule has 0 atom stereocenters. The van der Waals surface area contributed by atoms with Crippen LogP contribution in [0.1, 0.15) is 29.3 Å². The first-order chi connectivity index (χ1) is 8.17. The van der Waals surface area contributed by atoms with Crippen LogP contribution in [0.2, 0.25) is 0 Å². The van der Waals surface area contributed by atoms with Gasteiger partial charge in [-0.15, -0.1) is 0 Å². The molecule has 95 valence electrons. The molecule has 6 heteroatoms. The van der Waals surface area contributed by atoms with Crippen LogP contribution in [0.25, 0.3) is 0 Å². The average molecular weight is 247 g/mol. The molecule has 0 unspecified atom stereocenters. The summed E-state index contributed by atoms with van der Waals surface area (Å²) in [7, 11) is 0. The Bertz CT molecular complexity index is 393. The van der Waals surface area contributed by atoms with Crippen LogP contribution in [0, 0.1) is 0 Å². The number of carbonyl (C=O) groups excluding carboxylic acids is 2. The fraction of sp³-hybridized carbons (Fsp3) is 0.333. The molecule has 0 spiro atoms. The molecule has 5 nitrogen and oxygen atoms in total. The van der Waals surface area contributed by atoms with Crippen molar-refractivity contribution < 1.29 is 14.8 Å². The Kier molecular flexibility index (Phi) is 7.46. The average Bonchev–Trinajstić information content (AvgIpc) is 2.38. The monoisotopic (exact) mass is 247 g/mol. The molecule has 18 heavy (non-hydrogen) atoms. The van der Waals surface area contributed by atoms with Crippen LogP contribution in [-0.2, 0) is 11.2 Å². The Balaban J connectivity index is 0.00000289. The second-order valence-electron chi connectivity index (χ2n) is 3.59. The summed E-state index contributed by atoms with van der Waals surface area (Å²) < 4.78 is 0. The lowest BCUT2D eigenvalue weighted by atomic mass is 10.1. The van der Waals surface area contributed by atoms with E-state index in [2.05, 4.69) is 5.32 Å². The van der Waals surface area contributed by atoms with E-state index in [9.17, 15) is 9.59 Å². The lowest BCUT2D eigenvalue weighted by Crippen LogP contribution is -2.29. The molecule has 1 aromatic rings. The van der Waals surface area contributed by atoms with Crippen LogP contribution >= 0.6 is 0 Å². The lowest BCUT2D eigenvalue weighted by Gasteiger charge is -2.05. The summed E-state index contributed by atoms with van der Waals surface area (Å²) in [6.45, 7) is 2.24. The van der Waals surface area contributed by atoms with E-state index in [1.54, 1.807) is 12.1 Å². The predicted octanol–water partition coefficient (Wildman–Crippen LogP) is 0.493. The lowest BCUT2D eigenvalue weighted by molar-refractivity contribution is -0.129. The normalized spacial score (nSPS) is 9.22. The maximum absolute atomic E-state index is 11.6. The molecule has 0 fully saturated rings. The van der Waals surface area contributed by atoms with Gasteiger partial charge in [0.1, 0.15) is 0 Å². The topological polar surface area (TPSA) is 78.4 Å². The van der Waals surface area contributed by atoms with E-state index in [4.69, 9.17) is 5.21 Å². The van der Waals surface area contributed by atoms with E-state index >= 15 is 0 Å². The Morgan fingerprint density at radius 3 is 2.33 bits per heavy atom. The molecule has 0 aliphatic heterocycles. The standard InChI is InChI=1S/C12H16N2O3.B/c1-2-9-3-5-10(6-4-9)12(16)13-8-7-11(15)14-17;/h3-6,17H,2,7-8H2,1H3,(H,13,16)(H,14,15);. The summed E-state index contributed by atoms with van der Waals surface area (Å²) >= 11 is 0. The van der Waals surface area contributed by atoms with Crippen LogP contribution in [0.15, 0.2) is 24.3 Å². The quantitative estimate of drug-likeness (QED) is 0.402. The third kappa shape index (κ3) is 5.01. The highest BCUT2D eigenvalue weighted by atomic mass is 16.5. The van der Waals surface area contributed by atoms with Gasteiger partial charge in [0.05, 0.1) is 0 Å². The van der Waals surface area contributed by atoms with Gasteiger partial charge >= 0.3 is 0 Å². The van der Waals surface area contributed by atoms with Gasteiger partial charge in [0.15, 0.2) is 0 Å². The van der Waals surface area contributed by atoms with Crippen LogP contribution in [-0.4, -0.2) is 32.0 Å². The molecule has 0 aromatic heterocycles. The molecule has 2 amide bonds. The largest absolute Gasteiger partial charge is 0.352 e. The first-order valence-corrected chi connectivity index (χ1v) is 5.47. The Labute approximate surface area is 108 Å². The zero-order valence-corrected chi connectivity index (χ0v) is 10.3. The van der Waals surface area contributed by atoms with Crippen molar-refractivity contribution in [2.75, 3.05) is 6.54 Å². The first-order valence-electron chi connectivity index (χ1n) is 5.47. The Morgan fingerprint density at radius 2 is 1.83 bits per heavy atom. The van der Waals surface area contributed by atoms with Gasteiger partial charge in [-0.1, -0.05) is 19.1 Å². The van der Waals surface area contributed by atoms with Crippen LogP contribution in [0.4, 0.5) is 0 Å². The van der Waals surface area contributed by atoms with Crippen molar-refractivity contribution in [2.24, 2.45) is 0 Å².